The summed E-state index contributed by atoms with van der Waals surface area (Å²) in [5, 5.41) is 7.83. The standard InChI is InChI=1S/C25H20N2O2S/c28-23(20-10-5-2-6-11-20)24(27-25(29)22-12-7-17-30-22)26-21-15-13-19(14-16-21)18-8-3-1-4-9-18/h1-17,24,26H,(H,27,29)/t24-/m1/s1. The van der Waals surface area contributed by atoms with E-state index in [-0.39, 0.29) is 11.7 Å². The van der Waals surface area contributed by atoms with Crippen LogP contribution < -0.4 is 10.6 Å². The number of Topliss-reactive ketones (excluding diaryl/α,β-unsaturated/α-hetero) is 1. The molecule has 5 heteroatoms. The predicted octanol–water partition coefficient (Wildman–Crippen LogP) is 5.47. The molecule has 4 rings (SSSR count). The van der Waals surface area contributed by atoms with Crippen molar-refractivity contribution in [2.75, 3.05) is 5.32 Å². The van der Waals surface area contributed by atoms with Crippen LogP contribution in [-0.2, 0) is 0 Å². The Kier molecular flexibility index (Phi) is 6.01. The smallest absolute Gasteiger partial charge is 0.263 e. The maximum atomic E-state index is 13.1. The fourth-order valence-electron chi connectivity index (χ4n) is 3.10. The van der Waals surface area contributed by atoms with Crippen LogP contribution >= 0.6 is 11.3 Å². The first-order valence-electron chi connectivity index (χ1n) is 9.56. The largest absolute Gasteiger partial charge is 0.359 e. The van der Waals surface area contributed by atoms with Crippen molar-refractivity contribution in [2.45, 2.75) is 6.17 Å². The van der Waals surface area contributed by atoms with Crippen molar-refractivity contribution in [1.29, 1.82) is 0 Å². The number of ketones is 1. The van der Waals surface area contributed by atoms with Crippen LogP contribution in [0, 0.1) is 0 Å². The highest BCUT2D eigenvalue weighted by molar-refractivity contribution is 7.12. The number of carbonyl (C=O) groups is 2. The predicted molar refractivity (Wildman–Crippen MR) is 122 cm³/mol. The second kappa shape index (κ2) is 9.20. The molecule has 3 aromatic carbocycles. The average molecular weight is 413 g/mol. The minimum absolute atomic E-state index is 0.201. The molecule has 0 fully saturated rings. The first kappa shape index (κ1) is 19.6. The molecule has 0 aliphatic rings. The molecule has 1 aromatic heterocycles. The van der Waals surface area contributed by atoms with Crippen LogP contribution in [-0.4, -0.2) is 17.9 Å². The topological polar surface area (TPSA) is 58.2 Å². The molecule has 1 atom stereocenters. The number of amides is 1. The van der Waals surface area contributed by atoms with Crippen LogP contribution in [0.25, 0.3) is 11.1 Å². The van der Waals surface area contributed by atoms with Gasteiger partial charge in [0, 0.05) is 11.3 Å². The molecule has 0 saturated heterocycles. The number of carbonyl (C=O) groups excluding carboxylic acids is 2. The van der Waals surface area contributed by atoms with Gasteiger partial charge in [-0.05, 0) is 34.7 Å². The number of hydrogen-bond acceptors (Lipinski definition) is 4. The van der Waals surface area contributed by atoms with Gasteiger partial charge in [0.1, 0.15) is 0 Å². The molecule has 0 aliphatic carbocycles. The van der Waals surface area contributed by atoms with Gasteiger partial charge < -0.3 is 10.6 Å². The van der Waals surface area contributed by atoms with E-state index < -0.39 is 6.17 Å². The Bertz CT molecular complexity index is 1110. The van der Waals surface area contributed by atoms with Crippen molar-refractivity contribution in [2.24, 2.45) is 0 Å². The highest BCUT2D eigenvalue weighted by Crippen LogP contribution is 2.21. The molecular weight excluding hydrogens is 392 g/mol. The minimum Gasteiger partial charge on any atom is -0.359 e. The average Bonchev–Trinajstić information content (AvgIpc) is 3.35. The van der Waals surface area contributed by atoms with E-state index in [0.29, 0.717) is 10.4 Å². The van der Waals surface area contributed by atoms with Gasteiger partial charge in [-0.3, -0.25) is 9.59 Å². The molecule has 30 heavy (non-hydrogen) atoms. The number of nitrogens with one attached hydrogen (secondary N) is 2. The van der Waals surface area contributed by atoms with Gasteiger partial charge in [0.25, 0.3) is 5.91 Å². The van der Waals surface area contributed by atoms with E-state index in [0.717, 1.165) is 16.8 Å². The first-order chi connectivity index (χ1) is 14.7. The summed E-state index contributed by atoms with van der Waals surface area (Å²) in [5.41, 5.74) is 3.47. The Hall–Kier alpha value is -3.70. The molecule has 0 unspecified atom stereocenters. The zero-order chi connectivity index (χ0) is 20.8. The number of benzene rings is 3. The number of rotatable bonds is 7. The SMILES string of the molecule is O=C(N[C@@H](Nc1ccc(-c2ccccc2)cc1)C(=O)c1ccccc1)c1cccs1. The second-order valence-corrected chi connectivity index (χ2v) is 7.65. The van der Waals surface area contributed by atoms with Gasteiger partial charge in [-0.2, -0.15) is 0 Å². The molecule has 1 heterocycles. The van der Waals surface area contributed by atoms with E-state index in [4.69, 9.17) is 0 Å². The van der Waals surface area contributed by atoms with Crippen molar-refractivity contribution in [3.63, 3.8) is 0 Å². The molecule has 0 saturated carbocycles. The van der Waals surface area contributed by atoms with Crippen LogP contribution in [0.15, 0.2) is 102 Å². The molecule has 0 bridgehead atoms. The third-order valence-corrected chi connectivity index (χ3v) is 5.51. The van der Waals surface area contributed by atoms with Crippen LogP contribution in [0.2, 0.25) is 0 Å². The van der Waals surface area contributed by atoms with E-state index in [2.05, 4.69) is 10.6 Å². The van der Waals surface area contributed by atoms with Crippen LogP contribution in [0.4, 0.5) is 5.69 Å². The quantitative estimate of drug-likeness (QED) is 0.313. The molecule has 0 aliphatic heterocycles. The normalized spacial score (nSPS) is 11.5. The highest BCUT2D eigenvalue weighted by Gasteiger charge is 2.23. The van der Waals surface area contributed by atoms with E-state index in [9.17, 15) is 9.59 Å². The van der Waals surface area contributed by atoms with Crippen LogP contribution in [0.3, 0.4) is 0 Å². The second-order valence-electron chi connectivity index (χ2n) is 6.70. The molecule has 0 radical (unpaired) electrons. The molecule has 4 aromatic rings. The van der Waals surface area contributed by atoms with Crippen molar-refractivity contribution in [1.82, 2.24) is 5.32 Å². The fourth-order valence-corrected chi connectivity index (χ4v) is 3.73. The van der Waals surface area contributed by atoms with E-state index in [1.807, 2.05) is 72.1 Å². The minimum atomic E-state index is -0.885. The lowest BCUT2D eigenvalue weighted by molar-refractivity contribution is 0.0872. The van der Waals surface area contributed by atoms with Crippen molar-refractivity contribution in [3.05, 3.63) is 113 Å². The molecular formula is C25H20N2O2S. The van der Waals surface area contributed by atoms with E-state index in [1.54, 1.807) is 30.3 Å². The van der Waals surface area contributed by atoms with Crippen LogP contribution in [0.5, 0.6) is 0 Å². The maximum absolute atomic E-state index is 13.1. The zero-order valence-electron chi connectivity index (χ0n) is 16.1. The Morgan fingerprint density at radius 1 is 0.700 bits per heavy atom. The summed E-state index contributed by atoms with van der Waals surface area (Å²) < 4.78 is 0. The van der Waals surface area contributed by atoms with Crippen molar-refractivity contribution >= 4 is 28.7 Å². The zero-order valence-corrected chi connectivity index (χ0v) is 16.9. The monoisotopic (exact) mass is 412 g/mol. The van der Waals surface area contributed by atoms with Gasteiger partial charge in [-0.25, -0.2) is 0 Å². The van der Waals surface area contributed by atoms with Gasteiger partial charge in [-0.1, -0.05) is 78.9 Å². The Labute approximate surface area is 179 Å². The van der Waals surface area contributed by atoms with Crippen molar-refractivity contribution < 1.29 is 9.59 Å². The Balaban J connectivity index is 1.56. The van der Waals surface area contributed by atoms with Gasteiger partial charge >= 0.3 is 0 Å². The van der Waals surface area contributed by atoms with Gasteiger partial charge in [-0.15, -0.1) is 11.3 Å². The maximum Gasteiger partial charge on any atom is 0.263 e. The van der Waals surface area contributed by atoms with E-state index >= 15 is 0 Å². The molecule has 148 valence electrons. The summed E-state index contributed by atoms with van der Waals surface area (Å²) >= 11 is 1.34. The summed E-state index contributed by atoms with van der Waals surface area (Å²) in [5.74, 6) is -0.486. The van der Waals surface area contributed by atoms with E-state index in [1.165, 1.54) is 11.3 Å². The lowest BCUT2D eigenvalue weighted by atomic mass is 10.1. The lowest BCUT2D eigenvalue weighted by Crippen LogP contribution is -2.46. The third kappa shape index (κ3) is 4.64. The number of thiophene rings is 1. The summed E-state index contributed by atoms with van der Waals surface area (Å²) in [4.78, 5) is 26.2. The molecule has 0 spiro atoms. The van der Waals surface area contributed by atoms with Crippen molar-refractivity contribution in [3.8, 4) is 11.1 Å². The fraction of sp³-hybridized carbons (Fsp3) is 0.0400. The van der Waals surface area contributed by atoms with Gasteiger partial charge in [0.05, 0.1) is 4.88 Å². The van der Waals surface area contributed by atoms with Gasteiger partial charge in [0.2, 0.25) is 5.78 Å². The highest BCUT2D eigenvalue weighted by atomic mass is 32.1. The lowest BCUT2D eigenvalue weighted by Gasteiger charge is -2.20. The number of hydrogen-bond donors (Lipinski definition) is 2. The molecule has 4 nitrogen and oxygen atoms in total. The summed E-state index contributed by atoms with van der Waals surface area (Å²) in [7, 11) is 0. The van der Waals surface area contributed by atoms with Crippen LogP contribution in [0.1, 0.15) is 20.0 Å². The molecule has 2 N–H and O–H groups in total. The number of anilines is 1. The first-order valence-corrected chi connectivity index (χ1v) is 10.4. The Morgan fingerprint density at radius 3 is 1.97 bits per heavy atom. The molecule has 1 amide bonds. The summed E-state index contributed by atoms with van der Waals surface area (Å²) in [6, 6.07) is 30.4. The third-order valence-electron chi connectivity index (χ3n) is 4.64. The summed E-state index contributed by atoms with van der Waals surface area (Å²) in [6.07, 6.45) is -0.885. The van der Waals surface area contributed by atoms with Gasteiger partial charge in [0.15, 0.2) is 6.17 Å². The summed E-state index contributed by atoms with van der Waals surface area (Å²) in [6.45, 7) is 0. The Morgan fingerprint density at radius 2 is 1.33 bits per heavy atom.